The van der Waals surface area contributed by atoms with E-state index in [-0.39, 0.29) is 11.9 Å². The third kappa shape index (κ3) is 1.52. The molecule has 0 aromatic heterocycles. The molecule has 3 heteroatoms. The number of hydrogen-bond acceptors (Lipinski definition) is 2. The number of rotatable bonds is 3. The van der Waals surface area contributed by atoms with Crippen LogP contribution in [0.4, 0.5) is 5.69 Å². The van der Waals surface area contributed by atoms with E-state index >= 15 is 0 Å². The highest BCUT2D eigenvalue weighted by Gasteiger charge is 2.35. The Morgan fingerprint density at radius 3 is 2.69 bits per heavy atom. The average Bonchev–Trinajstić information content (AvgIpc) is 2.59. The van der Waals surface area contributed by atoms with Gasteiger partial charge in [0, 0.05) is 17.8 Å². The van der Waals surface area contributed by atoms with E-state index in [1.165, 1.54) is 5.56 Å². The first-order valence-corrected chi connectivity index (χ1v) is 5.84. The summed E-state index contributed by atoms with van der Waals surface area (Å²) in [6.07, 6.45) is 1.00. The van der Waals surface area contributed by atoms with Crippen LogP contribution in [-0.4, -0.2) is 19.5 Å². The van der Waals surface area contributed by atoms with Crippen molar-refractivity contribution in [2.75, 3.05) is 18.5 Å². The summed E-state index contributed by atoms with van der Waals surface area (Å²) in [4.78, 5) is 13.9. The van der Waals surface area contributed by atoms with Crippen LogP contribution in [0.5, 0.6) is 0 Å². The van der Waals surface area contributed by atoms with Gasteiger partial charge in [0.2, 0.25) is 5.91 Å². The third-order valence-corrected chi connectivity index (χ3v) is 3.22. The lowest BCUT2D eigenvalue weighted by Gasteiger charge is -2.14. The first-order valence-electron chi connectivity index (χ1n) is 5.84. The van der Waals surface area contributed by atoms with Gasteiger partial charge in [-0.2, -0.15) is 0 Å². The molecule has 86 valence electrons. The number of amides is 1. The van der Waals surface area contributed by atoms with Gasteiger partial charge >= 0.3 is 0 Å². The average molecular weight is 218 g/mol. The lowest BCUT2D eigenvalue weighted by Crippen LogP contribution is -2.32. The maximum atomic E-state index is 12.1. The Morgan fingerprint density at radius 2 is 2.12 bits per heavy atom. The highest BCUT2D eigenvalue weighted by Crippen LogP contribution is 2.36. The number of fused-ring (bicyclic) bond motifs is 1. The van der Waals surface area contributed by atoms with E-state index in [0.29, 0.717) is 0 Å². The van der Waals surface area contributed by atoms with Gasteiger partial charge in [0.1, 0.15) is 6.04 Å². The smallest absolute Gasteiger partial charge is 0.248 e. The molecule has 0 aliphatic carbocycles. The summed E-state index contributed by atoms with van der Waals surface area (Å²) in [6.45, 7) is 4.87. The highest BCUT2D eigenvalue weighted by atomic mass is 16.2. The van der Waals surface area contributed by atoms with Crippen LogP contribution in [0, 0.1) is 0 Å². The molecule has 3 nitrogen and oxygen atoms in total. The number of benzene rings is 1. The molecule has 1 aliphatic heterocycles. The number of nitrogens with one attached hydrogen (secondary N) is 1. The molecule has 1 unspecified atom stereocenters. The minimum absolute atomic E-state index is 0.160. The largest absolute Gasteiger partial charge is 0.311 e. The van der Waals surface area contributed by atoms with E-state index in [4.69, 9.17) is 0 Å². The summed E-state index contributed by atoms with van der Waals surface area (Å²) >= 11 is 0. The number of carbonyl (C=O) groups excluding carboxylic acids is 1. The predicted molar refractivity (Wildman–Crippen MR) is 65.6 cm³/mol. The van der Waals surface area contributed by atoms with Gasteiger partial charge in [-0.25, -0.2) is 0 Å². The lowest BCUT2D eigenvalue weighted by atomic mass is 10.0. The molecule has 0 saturated heterocycles. The van der Waals surface area contributed by atoms with Gasteiger partial charge in [-0.1, -0.05) is 19.1 Å². The van der Waals surface area contributed by atoms with Crippen LogP contribution < -0.4 is 10.2 Å². The fourth-order valence-electron chi connectivity index (χ4n) is 2.31. The maximum Gasteiger partial charge on any atom is 0.248 e. The first-order chi connectivity index (χ1) is 7.72. The molecule has 0 radical (unpaired) electrons. The van der Waals surface area contributed by atoms with Crippen molar-refractivity contribution in [1.82, 2.24) is 5.32 Å². The van der Waals surface area contributed by atoms with Crippen molar-refractivity contribution >= 4 is 11.6 Å². The molecule has 1 aromatic carbocycles. The molecule has 0 saturated carbocycles. The van der Waals surface area contributed by atoms with E-state index in [0.717, 1.165) is 24.2 Å². The van der Waals surface area contributed by atoms with Crippen LogP contribution in [0.2, 0.25) is 0 Å². The second-order valence-electron chi connectivity index (χ2n) is 4.05. The maximum absolute atomic E-state index is 12.1. The zero-order valence-electron chi connectivity index (χ0n) is 10.1. The van der Waals surface area contributed by atoms with Crippen LogP contribution in [-0.2, 0) is 11.2 Å². The van der Waals surface area contributed by atoms with Crippen molar-refractivity contribution in [1.29, 1.82) is 0 Å². The molecular formula is C13H18N2O. The first kappa shape index (κ1) is 11.1. The fraction of sp³-hybridized carbons (Fsp3) is 0.462. The van der Waals surface area contributed by atoms with Crippen LogP contribution in [0.25, 0.3) is 0 Å². The molecule has 1 aromatic rings. The number of carbonyl (C=O) groups is 1. The molecular weight excluding hydrogens is 200 g/mol. The summed E-state index contributed by atoms with van der Waals surface area (Å²) in [5, 5.41) is 3.09. The lowest BCUT2D eigenvalue weighted by molar-refractivity contribution is -0.119. The van der Waals surface area contributed by atoms with Crippen molar-refractivity contribution in [3.63, 3.8) is 0 Å². The van der Waals surface area contributed by atoms with E-state index in [1.807, 2.05) is 18.9 Å². The third-order valence-electron chi connectivity index (χ3n) is 3.22. The van der Waals surface area contributed by atoms with Crippen molar-refractivity contribution in [2.24, 2.45) is 0 Å². The summed E-state index contributed by atoms with van der Waals surface area (Å²) in [5.41, 5.74) is 3.46. The Morgan fingerprint density at radius 1 is 1.38 bits per heavy atom. The van der Waals surface area contributed by atoms with Gasteiger partial charge in [-0.15, -0.1) is 0 Å². The minimum atomic E-state index is -0.165. The van der Waals surface area contributed by atoms with Gasteiger partial charge in [0.25, 0.3) is 0 Å². The SMILES string of the molecule is CCc1ccc2c(c1)C(NC)C(=O)N2CC. The molecule has 16 heavy (non-hydrogen) atoms. The quantitative estimate of drug-likeness (QED) is 0.840. The van der Waals surface area contributed by atoms with Gasteiger partial charge in [-0.05, 0) is 32.0 Å². The second kappa shape index (κ2) is 4.26. The summed E-state index contributed by atoms with van der Waals surface area (Å²) < 4.78 is 0. The fourth-order valence-corrected chi connectivity index (χ4v) is 2.31. The zero-order chi connectivity index (χ0) is 11.7. The Hall–Kier alpha value is -1.35. The van der Waals surface area contributed by atoms with Gasteiger partial charge in [0.05, 0.1) is 0 Å². The summed E-state index contributed by atoms with van der Waals surface area (Å²) in [6, 6.07) is 6.14. The van der Waals surface area contributed by atoms with Crippen molar-refractivity contribution in [3.8, 4) is 0 Å². The molecule has 0 spiro atoms. The van der Waals surface area contributed by atoms with Crippen molar-refractivity contribution in [3.05, 3.63) is 29.3 Å². The normalized spacial score (nSPS) is 19.1. The van der Waals surface area contributed by atoms with Gasteiger partial charge < -0.3 is 10.2 Å². The molecule has 1 heterocycles. The van der Waals surface area contributed by atoms with Gasteiger partial charge in [-0.3, -0.25) is 4.79 Å². The van der Waals surface area contributed by atoms with Crippen LogP contribution in [0.3, 0.4) is 0 Å². The summed E-state index contributed by atoms with van der Waals surface area (Å²) in [5.74, 6) is 0.160. The number of aryl methyl sites for hydroxylation is 1. The molecule has 0 bridgehead atoms. The Labute approximate surface area is 96.5 Å². The van der Waals surface area contributed by atoms with Crippen LogP contribution in [0.1, 0.15) is 31.0 Å². The minimum Gasteiger partial charge on any atom is -0.311 e. The van der Waals surface area contributed by atoms with Crippen LogP contribution >= 0.6 is 0 Å². The molecule has 1 amide bonds. The van der Waals surface area contributed by atoms with E-state index < -0.39 is 0 Å². The monoisotopic (exact) mass is 218 g/mol. The molecule has 1 N–H and O–H groups in total. The standard InChI is InChI=1S/C13H18N2O/c1-4-9-6-7-11-10(8-9)12(14-3)13(16)15(11)5-2/h6-8,12,14H,4-5H2,1-3H3. The summed E-state index contributed by atoms with van der Waals surface area (Å²) in [7, 11) is 1.84. The van der Waals surface area contributed by atoms with Crippen LogP contribution in [0.15, 0.2) is 18.2 Å². The van der Waals surface area contributed by atoms with Crippen molar-refractivity contribution in [2.45, 2.75) is 26.3 Å². The zero-order valence-corrected chi connectivity index (χ0v) is 10.1. The second-order valence-corrected chi connectivity index (χ2v) is 4.05. The van der Waals surface area contributed by atoms with E-state index in [1.54, 1.807) is 0 Å². The topological polar surface area (TPSA) is 32.3 Å². The van der Waals surface area contributed by atoms with E-state index in [9.17, 15) is 4.79 Å². The molecule has 1 atom stereocenters. The number of hydrogen-bond donors (Lipinski definition) is 1. The highest BCUT2D eigenvalue weighted by molar-refractivity contribution is 6.04. The Bertz CT molecular complexity index is 414. The molecule has 0 fully saturated rings. The predicted octanol–water partition coefficient (Wildman–Crippen LogP) is 1.88. The van der Waals surface area contributed by atoms with Crippen molar-refractivity contribution < 1.29 is 4.79 Å². The van der Waals surface area contributed by atoms with Gasteiger partial charge in [0.15, 0.2) is 0 Å². The number of likely N-dealkylation sites (N-methyl/N-ethyl adjacent to an activating group) is 2. The number of nitrogens with zero attached hydrogens (tertiary/aromatic N) is 1. The number of anilines is 1. The Balaban J connectivity index is 2.50. The molecule has 1 aliphatic rings. The Kier molecular flexibility index (Phi) is 2.97. The van der Waals surface area contributed by atoms with E-state index in [2.05, 4.69) is 30.4 Å². The molecule has 2 rings (SSSR count).